The Balaban J connectivity index is 1.91. The van der Waals surface area contributed by atoms with E-state index in [9.17, 15) is 8.42 Å². The Kier molecular flexibility index (Phi) is 3.99. The fourth-order valence-corrected chi connectivity index (χ4v) is 4.09. The van der Waals surface area contributed by atoms with E-state index in [1.165, 1.54) is 5.56 Å². The van der Waals surface area contributed by atoms with Crippen molar-refractivity contribution >= 4 is 43.2 Å². The van der Waals surface area contributed by atoms with Gasteiger partial charge >= 0.3 is 0 Å². The maximum absolute atomic E-state index is 12.4. The minimum atomic E-state index is -3.58. The quantitative estimate of drug-likeness (QED) is 0.850. The van der Waals surface area contributed by atoms with Crippen LogP contribution in [-0.4, -0.2) is 8.42 Å². The molecule has 0 saturated carbocycles. The third-order valence-corrected chi connectivity index (χ3v) is 6.14. The SMILES string of the molecule is O=S(=O)(Nc1ccc(Cl)c(Br)c1)c1ccc2c(c1)CCC2. The number of halogens is 2. The summed E-state index contributed by atoms with van der Waals surface area (Å²) in [5, 5.41) is 0.537. The van der Waals surface area contributed by atoms with E-state index in [0.29, 0.717) is 20.1 Å². The van der Waals surface area contributed by atoms with Crippen LogP contribution < -0.4 is 4.72 Å². The van der Waals surface area contributed by atoms with Crippen molar-refractivity contribution < 1.29 is 8.42 Å². The molecule has 3 rings (SSSR count). The van der Waals surface area contributed by atoms with Crippen molar-refractivity contribution in [2.24, 2.45) is 0 Å². The molecule has 0 saturated heterocycles. The van der Waals surface area contributed by atoms with Crippen LogP contribution in [0.3, 0.4) is 0 Å². The van der Waals surface area contributed by atoms with E-state index in [0.717, 1.165) is 24.8 Å². The molecular weight excluding hydrogens is 374 g/mol. The van der Waals surface area contributed by atoms with Gasteiger partial charge in [0.1, 0.15) is 0 Å². The van der Waals surface area contributed by atoms with Gasteiger partial charge < -0.3 is 0 Å². The van der Waals surface area contributed by atoms with Gasteiger partial charge in [0.15, 0.2) is 0 Å². The van der Waals surface area contributed by atoms with Gasteiger partial charge in [0, 0.05) is 4.47 Å². The summed E-state index contributed by atoms with van der Waals surface area (Å²) in [6.45, 7) is 0. The van der Waals surface area contributed by atoms with E-state index in [1.54, 1.807) is 30.3 Å². The largest absolute Gasteiger partial charge is 0.280 e. The molecule has 0 aliphatic heterocycles. The molecule has 0 aromatic heterocycles. The summed E-state index contributed by atoms with van der Waals surface area (Å²) >= 11 is 9.19. The van der Waals surface area contributed by atoms with E-state index < -0.39 is 10.0 Å². The number of hydrogen-bond donors (Lipinski definition) is 1. The van der Waals surface area contributed by atoms with Gasteiger partial charge in [0.25, 0.3) is 10.0 Å². The number of hydrogen-bond acceptors (Lipinski definition) is 2. The summed E-state index contributed by atoms with van der Waals surface area (Å²) < 4.78 is 28.1. The molecule has 0 amide bonds. The molecule has 0 atom stereocenters. The van der Waals surface area contributed by atoms with Crippen molar-refractivity contribution in [1.82, 2.24) is 0 Å². The van der Waals surface area contributed by atoms with Crippen molar-refractivity contribution in [3.63, 3.8) is 0 Å². The highest BCUT2D eigenvalue weighted by Crippen LogP contribution is 2.28. The number of aryl methyl sites for hydroxylation is 2. The Hall–Kier alpha value is -1.04. The second kappa shape index (κ2) is 5.63. The molecule has 0 radical (unpaired) electrons. The van der Waals surface area contributed by atoms with Gasteiger partial charge in [-0.3, -0.25) is 4.72 Å². The Labute approximate surface area is 137 Å². The first-order valence-corrected chi connectivity index (χ1v) is 9.21. The first-order chi connectivity index (χ1) is 9.95. The molecule has 2 aromatic rings. The lowest BCUT2D eigenvalue weighted by atomic mass is 10.1. The lowest BCUT2D eigenvalue weighted by Crippen LogP contribution is -2.13. The minimum absolute atomic E-state index is 0.300. The number of benzene rings is 2. The van der Waals surface area contributed by atoms with E-state index in [1.807, 2.05) is 6.07 Å². The number of sulfonamides is 1. The number of fused-ring (bicyclic) bond motifs is 1. The standard InChI is InChI=1S/C15H13BrClNO2S/c16-14-9-12(5-7-15(14)17)18-21(19,20)13-6-4-10-2-1-3-11(10)8-13/h4-9,18H,1-3H2. The lowest BCUT2D eigenvalue weighted by molar-refractivity contribution is 0.601. The molecule has 0 heterocycles. The van der Waals surface area contributed by atoms with Crippen LogP contribution in [0.5, 0.6) is 0 Å². The topological polar surface area (TPSA) is 46.2 Å². The molecule has 1 N–H and O–H groups in total. The average molecular weight is 387 g/mol. The molecule has 1 aliphatic carbocycles. The molecule has 110 valence electrons. The second-order valence-corrected chi connectivity index (χ2v) is 7.96. The van der Waals surface area contributed by atoms with Crippen LogP contribution in [0.2, 0.25) is 5.02 Å². The van der Waals surface area contributed by atoms with Gasteiger partial charge in [-0.05, 0) is 76.7 Å². The van der Waals surface area contributed by atoms with Crippen LogP contribution in [0, 0.1) is 0 Å². The highest BCUT2D eigenvalue weighted by molar-refractivity contribution is 9.10. The van der Waals surface area contributed by atoms with Crippen LogP contribution in [0.4, 0.5) is 5.69 Å². The summed E-state index contributed by atoms with van der Waals surface area (Å²) in [5.74, 6) is 0. The average Bonchev–Trinajstić information content (AvgIpc) is 2.90. The van der Waals surface area contributed by atoms with Crippen molar-refractivity contribution in [3.8, 4) is 0 Å². The number of nitrogens with one attached hydrogen (secondary N) is 1. The van der Waals surface area contributed by atoms with Crippen molar-refractivity contribution in [2.45, 2.75) is 24.2 Å². The molecule has 1 aliphatic rings. The maximum atomic E-state index is 12.4. The molecule has 0 bridgehead atoms. The van der Waals surface area contributed by atoms with Crippen LogP contribution in [-0.2, 0) is 22.9 Å². The van der Waals surface area contributed by atoms with E-state index in [2.05, 4.69) is 20.7 Å². The maximum Gasteiger partial charge on any atom is 0.261 e. The van der Waals surface area contributed by atoms with E-state index in [4.69, 9.17) is 11.6 Å². The summed E-state index contributed by atoms with van der Waals surface area (Å²) in [7, 11) is -3.58. The normalized spacial score (nSPS) is 14.0. The smallest absolute Gasteiger partial charge is 0.261 e. The number of anilines is 1. The predicted octanol–water partition coefficient (Wildman–Crippen LogP) is 4.39. The van der Waals surface area contributed by atoms with Crippen LogP contribution in [0.15, 0.2) is 45.8 Å². The fraction of sp³-hybridized carbons (Fsp3) is 0.200. The fourth-order valence-electron chi connectivity index (χ4n) is 2.49. The Morgan fingerprint density at radius 3 is 2.57 bits per heavy atom. The zero-order chi connectivity index (χ0) is 15.0. The molecule has 3 nitrogen and oxygen atoms in total. The third kappa shape index (κ3) is 3.10. The van der Waals surface area contributed by atoms with Gasteiger partial charge in [-0.15, -0.1) is 0 Å². The molecule has 0 spiro atoms. The summed E-state index contributed by atoms with van der Waals surface area (Å²) in [6, 6.07) is 10.3. The minimum Gasteiger partial charge on any atom is -0.280 e. The van der Waals surface area contributed by atoms with Crippen molar-refractivity contribution in [3.05, 3.63) is 57.0 Å². The molecular formula is C15H13BrClNO2S. The van der Waals surface area contributed by atoms with Crippen molar-refractivity contribution in [1.29, 1.82) is 0 Å². The highest BCUT2D eigenvalue weighted by Gasteiger charge is 2.18. The summed E-state index contributed by atoms with van der Waals surface area (Å²) in [5.41, 5.74) is 2.87. The summed E-state index contributed by atoms with van der Waals surface area (Å²) in [4.78, 5) is 0.300. The molecule has 0 unspecified atom stereocenters. The van der Waals surface area contributed by atoms with Gasteiger partial charge in [0.05, 0.1) is 15.6 Å². The first kappa shape index (κ1) is 14.9. The van der Waals surface area contributed by atoms with Gasteiger partial charge in [-0.1, -0.05) is 17.7 Å². The lowest BCUT2D eigenvalue weighted by Gasteiger charge is -2.10. The van der Waals surface area contributed by atoms with Crippen molar-refractivity contribution in [2.75, 3.05) is 4.72 Å². The zero-order valence-electron chi connectivity index (χ0n) is 11.1. The van der Waals surface area contributed by atoms with E-state index >= 15 is 0 Å². The van der Waals surface area contributed by atoms with Gasteiger partial charge in [-0.25, -0.2) is 8.42 Å². The Morgan fingerprint density at radius 1 is 1.05 bits per heavy atom. The van der Waals surface area contributed by atoms with Crippen LogP contribution in [0.25, 0.3) is 0 Å². The third-order valence-electron chi connectivity index (χ3n) is 3.55. The van der Waals surface area contributed by atoms with Gasteiger partial charge in [0.2, 0.25) is 0 Å². The van der Waals surface area contributed by atoms with Crippen LogP contribution in [0.1, 0.15) is 17.5 Å². The highest BCUT2D eigenvalue weighted by atomic mass is 79.9. The number of rotatable bonds is 3. The monoisotopic (exact) mass is 385 g/mol. The Bertz CT molecular complexity index is 805. The van der Waals surface area contributed by atoms with Gasteiger partial charge in [-0.2, -0.15) is 0 Å². The van der Waals surface area contributed by atoms with Crippen LogP contribution >= 0.6 is 27.5 Å². The molecule has 21 heavy (non-hydrogen) atoms. The Morgan fingerprint density at radius 2 is 1.81 bits per heavy atom. The second-order valence-electron chi connectivity index (χ2n) is 5.02. The first-order valence-electron chi connectivity index (χ1n) is 6.55. The predicted molar refractivity (Wildman–Crippen MR) is 88.4 cm³/mol. The molecule has 2 aromatic carbocycles. The molecule has 0 fully saturated rings. The molecule has 6 heteroatoms. The summed E-state index contributed by atoms with van der Waals surface area (Å²) in [6.07, 6.45) is 3.08. The zero-order valence-corrected chi connectivity index (χ0v) is 14.2. The van der Waals surface area contributed by atoms with E-state index in [-0.39, 0.29) is 0 Å².